The van der Waals surface area contributed by atoms with E-state index in [2.05, 4.69) is 14.7 Å². The van der Waals surface area contributed by atoms with Crippen molar-refractivity contribution in [2.24, 2.45) is 0 Å². The van der Waals surface area contributed by atoms with Crippen molar-refractivity contribution in [2.45, 2.75) is 13.3 Å². The SMILES string of the molecule is CCc1ncnc(Cl)c1C(=O)OC. The van der Waals surface area contributed by atoms with Gasteiger partial charge in [-0.25, -0.2) is 14.8 Å². The molecule has 0 atom stereocenters. The molecule has 13 heavy (non-hydrogen) atoms. The summed E-state index contributed by atoms with van der Waals surface area (Å²) in [5.74, 6) is -0.498. The van der Waals surface area contributed by atoms with Crippen LogP contribution < -0.4 is 0 Å². The number of methoxy groups -OCH3 is 1. The number of aromatic nitrogens is 2. The molecule has 1 rings (SSSR count). The van der Waals surface area contributed by atoms with Crippen molar-refractivity contribution in [2.75, 3.05) is 7.11 Å². The van der Waals surface area contributed by atoms with Crippen LogP contribution in [0.1, 0.15) is 23.0 Å². The average Bonchev–Trinajstić information content (AvgIpc) is 2.16. The summed E-state index contributed by atoms with van der Waals surface area (Å²) in [6, 6.07) is 0. The molecule has 0 saturated heterocycles. The lowest BCUT2D eigenvalue weighted by Crippen LogP contribution is -2.09. The number of rotatable bonds is 2. The van der Waals surface area contributed by atoms with Gasteiger partial charge in [0.15, 0.2) is 0 Å². The smallest absolute Gasteiger partial charge is 0.342 e. The van der Waals surface area contributed by atoms with Crippen LogP contribution in [0.15, 0.2) is 6.33 Å². The normalized spacial score (nSPS) is 9.77. The van der Waals surface area contributed by atoms with Gasteiger partial charge in [0.05, 0.1) is 12.8 Å². The maximum atomic E-state index is 11.2. The maximum Gasteiger partial charge on any atom is 0.342 e. The zero-order valence-electron chi connectivity index (χ0n) is 7.37. The Morgan fingerprint density at radius 2 is 2.31 bits per heavy atom. The molecule has 0 N–H and O–H groups in total. The molecule has 0 saturated carbocycles. The molecule has 0 radical (unpaired) electrons. The third-order valence-corrected chi connectivity index (χ3v) is 1.89. The Kier molecular flexibility index (Phi) is 3.19. The minimum Gasteiger partial charge on any atom is -0.465 e. The number of esters is 1. The predicted octanol–water partition coefficient (Wildman–Crippen LogP) is 1.48. The van der Waals surface area contributed by atoms with Crippen LogP contribution in [0.5, 0.6) is 0 Å². The largest absolute Gasteiger partial charge is 0.465 e. The van der Waals surface area contributed by atoms with E-state index in [-0.39, 0.29) is 10.7 Å². The Morgan fingerprint density at radius 3 is 2.85 bits per heavy atom. The van der Waals surface area contributed by atoms with Crippen LogP contribution in [0.25, 0.3) is 0 Å². The molecule has 1 heterocycles. The highest BCUT2D eigenvalue weighted by atomic mass is 35.5. The summed E-state index contributed by atoms with van der Waals surface area (Å²) in [4.78, 5) is 18.9. The van der Waals surface area contributed by atoms with Crippen molar-refractivity contribution in [1.82, 2.24) is 9.97 Å². The molecule has 1 aromatic rings. The quantitative estimate of drug-likeness (QED) is 0.536. The highest BCUT2D eigenvalue weighted by Gasteiger charge is 2.16. The summed E-state index contributed by atoms with van der Waals surface area (Å²) in [5.41, 5.74) is 0.862. The number of carbonyl (C=O) groups is 1. The second-order valence-corrected chi connectivity index (χ2v) is 2.69. The first kappa shape index (κ1) is 9.92. The monoisotopic (exact) mass is 200 g/mol. The molecule has 0 aliphatic carbocycles. The van der Waals surface area contributed by atoms with Gasteiger partial charge in [0.1, 0.15) is 17.0 Å². The van der Waals surface area contributed by atoms with Gasteiger partial charge in [0.25, 0.3) is 0 Å². The van der Waals surface area contributed by atoms with Crippen LogP contribution in [0.2, 0.25) is 5.15 Å². The van der Waals surface area contributed by atoms with E-state index >= 15 is 0 Å². The summed E-state index contributed by atoms with van der Waals surface area (Å²) in [6.07, 6.45) is 1.94. The van der Waals surface area contributed by atoms with E-state index in [4.69, 9.17) is 11.6 Å². The van der Waals surface area contributed by atoms with Crippen LogP contribution in [0.4, 0.5) is 0 Å². The zero-order valence-corrected chi connectivity index (χ0v) is 8.13. The molecule has 1 aromatic heterocycles. The van der Waals surface area contributed by atoms with Crippen molar-refractivity contribution in [1.29, 1.82) is 0 Å². The molecule has 0 aromatic carbocycles. The molecule has 4 nitrogen and oxygen atoms in total. The third kappa shape index (κ3) is 1.95. The van der Waals surface area contributed by atoms with Crippen molar-refractivity contribution in [3.63, 3.8) is 0 Å². The van der Waals surface area contributed by atoms with Gasteiger partial charge in [-0.05, 0) is 6.42 Å². The van der Waals surface area contributed by atoms with Gasteiger partial charge in [-0.3, -0.25) is 0 Å². The van der Waals surface area contributed by atoms with Crippen molar-refractivity contribution in [3.05, 3.63) is 22.7 Å². The number of nitrogens with zero attached hydrogens (tertiary/aromatic N) is 2. The summed E-state index contributed by atoms with van der Waals surface area (Å²) < 4.78 is 4.56. The van der Waals surface area contributed by atoms with Gasteiger partial charge in [-0.15, -0.1) is 0 Å². The first-order valence-electron chi connectivity index (χ1n) is 3.78. The fourth-order valence-electron chi connectivity index (χ4n) is 0.970. The molecular formula is C8H9ClN2O2. The van der Waals surface area contributed by atoms with E-state index in [0.29, 0.717) is 12.1 Å². The lowest BCUT2D eigenvalue weighted by Gasteiger charge is -2.04. The maximum absolute atomic E-state index is 11.2. The fraction of sp³-hybridized carbons (Fsp3) is 0.375. The molecule has 0 fully saturated rings. The summed E-state index contributed by atoms with van der Waals surface area (Å²) in [6.45, 7) is 1.88. The number of halogens is 1. The zero-order chi connectivity index (χ0) is 9.84. The lowest BCUT2D eigenvalue weighted by atomic mass is 10.2. The van der Waals surface area contributed by atoms with E-state index < -0.39 is 5.97 Å². The summed E-state index contributed by atoms with van der Waals surface area (Å²) in [5, 5.41) is 0.138. The van der Waals surface area contributed by atoms with Gasteiger partial charge >= 0.3 is 5.97 Å². The summed E-state index contributed by atoms with van der Waals surface area (Å²) in [7, 11) is 1.30. The van der Waals surface area contributed by atoms with Crippen LogP contribution in [0.3, 0.4) is 0 Å². The van der Waals surface area contributed by atoms with Crippen LogP contribution in [-0.2, 0) is 11.2 Å². The van der Waals surface area contributed by atoms with Crippen LogP contribution in [0, 0.1) is 0 Å². The van der Waals surface area contributed by atoms with Crippen molar-refractivity contribution >= 4 is 17.6 Å². The minimum absolute atomic E-state index is 0.138. The Balaban J connectivity index is 3.22. The van der Waals surface area contributed by atoms with Gasteiger partial charge in [0, 0.05) is 0 Å². The van der Waals surface area contributed by atoms with E-state index in [1.165, 1.54) is 13.4 Å². The minimum atomic E-state index is -0.498. The van der Waals surface area contributed by atoms with Crippen molar-refractivity contribution < 1.29 is 9.53 Å². The van der Waals surface area contributed by atoms with Crippen LogP contribution >= 0.6 is 11.6 Å². The molecule has 0 aliphatic rings. The summed E-state index contributed by atoms with van der Waals surface area (Å²) >= 11 is 5.73. The highest BCUT2D eigenvalue weighted by molar-refractivity contribution is 6.32. The fourth-order valence-corrected chi connectivity index (χ4v) is 1.20. The molecular weight excluding hydrogens is 192 g/mol. The Morgan fingerprint density at radius 1 is 1.62 bits per heavy atom. The van der Waals surface area contributed by atoms with Gasteiger partial charge in [0.2, 0.25) is 0 Å². The first-order chi connectivity index (χ1) is 6.20. The lowest BCUT2D eigenvalue weighted by molar-refractivity contribution is 0.0598. The Labute approximate surface area is 80.9 Å². The highest BCUT2D eigenvalue weighted by Crippen LogP contribution is 2.16. The number of hydrogen-bond donors (Lipinski definition) is 0. The van der Waals surface area contributed by atoms with Gasteiger partial charge in [-0.2, -0.15) is 0 Å². The number of ether oxygens (including phenoxy) is 1. The molecule has 5 heteroatoms. The molecule has 0 amide bonds. The molecule has 0 aliphatic heterocycles. The molecule has 70 valence electrons. The van der Waals surface area contributed by atoms with E-state index in [1.54, 1.807) is 0 Å². The molecule has 0 unspecified atom stereocenters. The van der Waals surface area contributed by atoms with E-state index in [9.17, 15) is 4.79 Å². The second kappa shape index (κ2) is 4.18. The average molecular weight is 201 g/mol. The Bertz CT molecular complexity index is 328. The van der Waals surface area contributed by atoms with Crippen LogP contribution in [-0.4, -0.2) is 23.0 Å². The number of aryl methyl sites for hydroxylation is 1. The van der Waals surface area contributed by atoms with Gasteiger partial charge in [-0.1, -0.05) is 18.5 Å². The molecule has 0 bridgehead atoms. The Hall–Kier alpha value is -1.16. The van der Waals surface area contributed by atoms with E-state index in [1.807, 2.05) is 6.92 Å². The number of hydrogen-bond acceptors (Lipinski definition) is 4. The standard InChI is InChI=1S/C8H9ClN2O2/c1-3-5-6(8(12)13-2)7(9)11-4-10-5/h4H,3H2,1-2H3. The first-order valence-corrected chi connectivity index (χ1v) is 4.16. The molecule has 0 spiro atoms. The third-order valence-electron chi connectivity index (χ3n) is 1.60. The second-order valence-electron chi connectivity index (χ2n) is 2.33. The van der Waals surface area contributed by atoms with E-state index in [0.717, 1.165) is 0 Å². The number of carbonyl (C=O) groups excluding carboxylic acids is 1. The van der Waals surface area contributed by atoms with Gasteiger partial charge < -0.3 is 4.74 Å². The van der Waals surface area contributed by atoms with Crippen molar-refractivity contribution in [3.8, 4) is 0 Å². The predicted molar refractivity (Wildman–Crippen MR) is 47.8 cm³/mol. The topological polar surface area (TPSA) is 52.1 Å².